The zero-order chi connectivity index (χ0) is 11.4. The van der Waals surface area contributed by atoms with Crippen molar-refractivity contribution in [2.75, 3.05) is 13.7 Å². The molecule has 1 rings (SSSR count). The van der Waals surface area contributed by atoms with Crippen molar-refractivity contribution in [3.8, 4) is 5.75 Å². The van der Waals surface area contributed by atoms with Gasteiger partial charge in [-0.2, -0.15) is 0 Å². The summed E-state index contributed by atoms with van der Waals surface area (Å²) in [4.78, 5) is 3.15. The van der Waals surface area contributed by atoms with Crippen LogP contribution in [0, 0.1) is 13.5 Å². The molecule has 4 heteroatoms. The summed E-state index contributed by atoms with van der Waals surface area (Å²) < 4.78 is 5.10. The average molecular weight is 226 g/mol. The Hall–Kier alpha value is -1.24. The molecule has 0 saturated carbocycles. The van der Waals surface area contributed by atoms with Crippen LogP contribution in [-0.4, -0.2) is 18.8 Å². The summed E-state index contributed by atoms with van der Waals surface area (Å²) in [6.45, 7) is 8.59. The van der Waals surface area contributed by atoms with Gasteiger partial charge >= 0.3 is 0 Å². The van der Waals surface area contributed by atoms with Crippen LogP contribution in [0.15, 0.2) is 12.1 Å². The normalized spacial score (nSPS) is 11.9. The number of nitrogens with zero attached hydrogens (tertiary/aromatic N) is 1. The second-order valence-electron chi connectivity index (χ2n) is 3.23. The van der Waals surface area contributed by atoms with Crippen LogP contribution in [0.2, 0.25) is 5.02 Å². The van der Waals surface area contributed by atoms with Crippen molar-refractivity contribution in [1.29, 1.82) is 0 Å². The fraction of sp³-hybridized carbons (Fsp3) is 0.364. The molecule has 0 bridgehead atoms. The smallest absolute Gasteiger partial charge is 0.244 e. The molecule has 1 N–H and O–H groups in total. The Morgan fingerprint density at radius 1 is 1.60 bits per heavy atom. The number of methoxy groups -OCH3 is 1. The molecule has 15 heavy (non-hydrogen) atoms. The number of aliphatic hydroxyl groups excluding tert-OH is 1. The Bertz CT molecular complexity index is 398. The lowest BCUT2D eigenvalue weighted by Crippen LogP contribution is -2.04. The van der Waals surface area contributed by atoms with Crippen LogP contribution in [0.4, 0.5) is 0 Å². The molecule has 1 atom stereocenters. The minimum Gasteiger partial charge on any atom is -0.495 e. The van der Waals surface area contributed by atoms with E-state index in [9.17, 15) is 5.11 Å². The Balaban J connectivity index is 3.20. The molecule has 0 amide bonds. The maximum atomic E-state index is 9.73. The first-order chi connectivity index (χ1) is 7.10. The summed E-state index contributed by atoms with van der Waals surface area (Å²) in [5.41, 5.74) is 1.50. The van der Waals surface area contributed by atoms with Gasteiger partial charge in [0, 0.05) is 5.56 Å². The minimum absolute atomic E-state index is 0.0101. The van der Waals surface area contributed by atoms with Crippen molar-refractivity contribution in [2.24, 2.45) is 0 Å². The van der Waals surface area contributed by atoms with E-state index in [0.29, 0.717) is 16.3 Å². The van der Waals surface area contributed by atoms with Crippen molar-refractivity contribution in [3.63, 3.8) is 0 Å². The summed E-state index contributed by atoms with van der Waals surface area (Å²) in [6.07, 6.45) is -0.852. The predicted molar refractivity (Wildman–Crippen MR) is 59.2 cm³/mol. The van der Waals surface area contributed by atoms with Crippen LogP contribution in [0.1, 0.15) is 17.2 Å². The molecule has 80 valence electrons. The van der Waals surface area contributed by atoms with Gasteiger partial charge < -0.3 is 14.7 Å². The largest absolute Gasteiger partial charge is 0.495 e. The molecule has 0 spiro atoms. The van der Waals surface area contributed by atoms with E-state index in [2.05, 4.69) is 4.85 Å². The third-order valence-electron chi connectivity index (χ3n) is 2.04. The number of hydrogen-bond acceptors (Lipinski definition) is 2. The third kappa shape index (κ3) is 2.62. The average Bonchev–Trinajstić information content (AvgIpc) is 2.17. The van der Waals surface area contributed by atoms with E-state index in [1.54, 1.807) is 12.1 Å². The molecule has 0 radical (unpaired) electrons. The lowest BCUT2D eigenvalue weighted by Gasteiger charge is -2.13. The van der Waals surface area contributed by atoms with E-state index in [4.69, 9.17) is 22.9 Å². The van der Waals surface area contributed by atoms with E-state index in [0.717, 1.165) is 5.56 Å². The third-order valence-corrected chi connectivity index (χ3v) is 2.32. The first-order valence-corrected chi connectivity index (χ1v) is 4.83. The molecular formula is C11H12ClNO2. The highest BCUT2D eigenvalue weighted by atomic mass is 35.5. The zero-order valence-electron chi connectivity index (χ0n) is 8.62. The Morgan fingerprint density at radius 2 is 2.27 bits per heavy atom. The second-order valence-corrected chi connectivity index (χ2v) is 3.63. The standard InChI is InChI=1S/C11H12ClNO2/c1-7-4-8(10(14)6-13-2)11(15-3)9(12)5-7/h4-5,10,14H,6H2,1,3H3. The Morgan fingerprint density at radius 3 is 2.80 bits per heavy atom. The van der Waals surface area contributed by atoms with E-state index in [-0.39, 0.29) is 6.54 Å². The molecule has 1 aromatic rings. The van der Waals surface area contributed by atoms with Crippen molar-refractivity contribution in [1.82, 2.24) is 0 Å². The number of aliphatic hydroxyl groups is 1. The summed E-state index contributed by atoms with van der Waals surface area (Å²) in [6, 6.07) is 3.54. The molecule has 0 aliphatic carbocycles. The number of hydrogen-bond donors (Lipinski definition) is 1. The first-order valence-electron chi connectivity index (χ1n) is 4.45. The van der Waals surface area contributed by atoms with Crippen molar-refractivity contribution in [3.05, 3.63) is 39.7 Å². The quantitative estimate of drug-likeness (QED) is 0.803. The number of aryl methyl sites for hydroxylation is 1. The molecule has 1 aromatic carbocycles. The fourth-order valence-corrected chi connectivity index (χ4v) is 1.76. The highest BCUT2D eigenvalue weighted by Crippen LogP contribution is 2.34. The summed E-state index contributed by atoms with van der Waals surface area (Å²) in [5, 5.41) is 10.2. The van der Waals surface area contributed by atoms with Crippen LogP contribution in [-0.2, 0) is 0 Å². The van der Waals surface area contributed by atoms with Gasteiger partial charge in [0.05, 0.1) is 12.1 Å². The van der Waals surface area contributed by atoms with Gasteiger partial charge in [-0.25, -0.2) is 6.57 Å². The van der Waals surface area contributed by atoms with Crippen LogP contribution < -0.4 is 4.74 Å². The minimum atomic E-state index is -0.852. The van der Waals surface area contributed by atoms with E-state index in [1.807, 2.05) is 6.92 Å². The maximum absolute atomic E-state index is 9.73. The summed E-state index contributed by atoms with van der Waals surface area (Å²) in [7, 11) is 1.49. The van der Waals surface area contributed by atoms with Crippen LogP contribution in [0.5, 0.6) is 5.75 Å². The number of halogens is 1. The van der Waals surface area contributed by atoms with Gasteiger partial charge in [0.2, 0.25) is 6.54 Å². The molecule has 3 nitrogen and oxygen atoms in total. The molecule has 0 aliphatic heterocycles. The van der Waals surface area contributed by atoms with Gasteiger partial charge in [-0.15, -0.1) is 0 Å². The lowest BCUT2D eigenvalue weighted by atomic mass is 10.1. The molecule has 1 unspecified atom stereocenters. The number of benzene rings is 1. The Kier molecular flexibility index (Phi) is 3.96. The van der Waals surface area contributed by atoms with Gasteiger partial charge in [0.15, 0.2) is 6.10 Å². The van der Waals surface area contributed by atoms with Crippen molar-refractivity contribution in [2.45, 2.75) is 13.0 Å². The van der Waals surface area contributed by atoms with Gasteiger partial charge in [0.25, 0.3) is 0 Å². The van der Waals surface area contributed by atoms with E-state index >= 15 is 0 Å². The van der Waals surface area contributed by atoms with Crippen LogP contribution >= 0.6 is 11.6 Å². The van der Waals surface area contributed by atoms with Crippen molar-refractivity contribution >= 4 is 11.6 Å². The van der Waals surface area contributed by atoms with Crippen LogP contribution in [0.25, 0.3) is 4.85 Å². The lowest BCUT2D eigenvalue weighted by molar-refractivity contribution is 0.190. The molecular weight excluding hydrogens is 214 g/mol. The molecule has 0 aromatic heterocycles. The molecule has 0 saturated heterocycles. The van der Waals surface area contributed by atoms with Gasteiger partial charge in [-0.05, 0) is 24.6 Å². The second kappa shape index (κ2) is 5.01. The highest BCUT2D eigenvalue weighted by molar-refractivity contribution is 6.32. The Labute approximate surface area is 94.1 Å². The first kappa shape index (κ1) is 11.8. The predicted octanol–water partition coefficient (Wildman–Crippen LogP) is 2.61. The van der Waals surface area contributed by atoms with Gasteiger partial charge in [-0.3, -0.25) is 0 Å². The summed E-state index contributed by atoms with van der Waals surface area (Å²) >= 11 is 5.97. The zero-order valence-corrected chi connectivity index (χ0v) is 9.38. The fourth-order valence-electron chi connectivity index (χ4n) is 1.40. The van der Waals surface area contributed by atoms with E-state index in [1.165, 1.54) is 7.11 Å². The monoisotopic (exact) mass is 225 g/mol. The molecule has 0 fully saturated rings. The molecule has 0 aliphatic rings. The maximum Gasteiger partial charge on any atom is 0.244 e. The topological polar surface area (TPSA) is 33.8 Å². The van der Waals surface area contributed by atoms with Crippen LogP contribution in [0.3, 0.4) is 0 Å². The summed E-state index contributed by atoms with van der Waals surface area (Å²) in [5.74, 6) is 0.443. The van der Waals surface area contributed by atoms with E-state index < -0.39 is 6.10 Å². The van der Waals surface area contributed by atoms with Gasteiger partial charge in [-0.1, -0.05) is 11.6 Å². The number of ether oxygens (including phenoxy) is 1. The highest BCUT2D eigenvalue weighted by Gasteiger charge is 2.18. The van der Waals surface area contributed by atoms with Crippen molar-refractivity contribution < 1.29 is 9.84 Å². The number of rotatable bonds is 3. The molecule has 0 heterocycles. The SMILES string of the molecule is [C-]#[N+]CC(O)c1cc(C)cc(Cl)c1OC. The van der Waals surface area contributed by atoms with Gasteiger partial charge in [0.1, 0.15) is 5.75 Å².